The largest absolute Gasteiger partial charge is 0.0610 e. The Balaban J connectivity index is 0.887. The van der Waals surface area contributed by atoms with Gasteiger partial charge in [-0.2, -0.15) is 0 Å². The van der Waals surface area contributed by atoms with Gasteiger partial charge >= 0.3 is 0 Å². The predicted molar refractivity (Wildman–Crippen MR) is 276 cm³/mol. The van der Waals surface area contributed by atoms with Crippen molar-refractivity contribution in [2.24, 2.45) is 0 Å². The molecule has 64 heavy (non-hydrogen) atoms. The quantitative estimate of drug-likeness (QED) is 0.121. The highest BCUT2D eigenvalue weighted by atomic mass is 14.3. The van der Waals surface area contributed by atoms with E-state index in [-0.39, 0.29) is 0 Å². The molecular formula is C64H30. The molecule has 17 aromatic rings. The van der Waals surface area contributed by atoms with E-state index in [1.165, 1.54) is 185 Å². The topological polar surface area (TPSA) is 0 Å². The Morgan fingerprint density at radius 3 is 1.00 bits per heavy atom. The van der Waals surface area contributed by atoms with Gasteiger partial charge in [-0.1, -0.05) is 164 Å². The number of hydrogen-bond donors (Lipinski definition) is 0. The van der Waals surface area contributed by atoms with Gasteiger partial charge in [-0.05, 0) is 203 Å². The van der Waals surface area contributed by atoms with Crippen molar-refractivity contribution < 1.29 is 0 Å². The minimum absolute atomic E-state index is 1.27. The van der Waals surface area contributed by atoms with Crippen LogP contribution < -0.4 is 0 Å². The molecular weight excluding hydrogens is 769 g/mol. The highest BCUT2D eigenvalue weighted by Gasteiger charge is 2.28. The maximum atomic E-state index is 2.49. The Kier molecular flexibility index (Phi) is 5.07. The highest BCUT2D eigenvalue weighted by molar-refractivity contribution is 6.47. The van der Waals surface area contributed by atoms with Crippen molar-refractivity contribution in [3.05, 3.63) is 182 Å². The van der Waals surface area contributed by atoms with Crippen LogP contribution in [0.3, 0.4) is 0 Å². The molecule has 0 aliphatic heterocycles. The minimum Gasteiger partial charge on any atom is -0.0610 e. The average Bonchev–Trinajstić information content (AvgIpc) is 3.68. The molecule has 0 heteroatoms. The molecule has 17 aromatic carbocycles. The second-order valence-corrected chi connectivity index (χ2v) is 19.0. The zero-order valence-corrected chi connectivity index (χ0v) is 34.3. The van der Waals surface area contributed by atoms with Crippen LogP contribution >= 0.6 is 0 Å². The normalized spacial score (nSPS) is 13.3. The molecule has 0 spiro atoms. The number of hydrogen-bond acceptors (Lipinski definition) is 0. The fourth-order valence-electron chi connectivity index (χ4n) is 13.7. The molecule has 0 aromatic heterocycles. The summed E-state index contributed by atoms with van der Waals surface area (Å²) >= 11 is 0. The molecule has 0 bridgehead atoms. The SMILES string of the molecule is c1cc2c3c(ccc(-c4cc5ccc6ccc7ccc8ccc9ccc4c4c9c8c7c6c54)c3c1)-c1ccc(-c3cc4ccc5ccc6ccc7ccc8ccc3c3c8c7c6c5c43)cc1-2. The number of rotatable bonds is 2. The van der Waals surface area contributed by atoms with Crippen molar-refractivity contribution in [3.63, 3.8) is 0 Å². The van der Waals surface area contributed by atoms with Gasteiger partial charge in [0.25, 0.3) is 0 Å². The Morgan fingerprint density at radius 1 is 0.156 bits per heavy atom. The maximum absolute atomic E-state index is 2.49. The highest BCUT2D eigenvalue weighted by Crippen LogP contribution is 2.55. The molecule has 1 aliphatic rings. The smallest absolute Gasteiger partial charge is 0.000762 e. The summed E-state index contributed by atoms with van der Waals surface area (Å²) in [7, 11) is 0. The van der Waals surface area contributed by atoms with Crippen molar-refractivity contribution in [2.75, 3.05) is 0 Å². The maximum Gasteiger partial charge on any atom is -0.000762 e. The van der Waals surface area contributed by atoms with Crippen LogP contribution in [0.2, 0.25) is 0 Å². The van der Waals surface area contributed by atoms with Gasteiger partial charge in [0.2, 0.25) is 0 Å². The lowest BCUT2D eigenvalue weighted by Gasteiger charge is -2.22. The first-order chi connectivity index (χ1) is 31.7. The van der Waals surface area contributed by atoms with Gasteiger partial charge in [-0.25, -0.2) is 0 Å². The lowest BCUT2D eigenvalue weighted by Crippen LogP contribution is -1.94. The summed E-state index contributed by atoms with van der Waals surface area (Å²) in [4.78, 5) is 0. The van der Waals surface area contributed by atoms with Gasteiger partial charge in [0, 0.05) is 0 Å². The Hall–Kier alpha value is -8.32. The molecule has 0 fully saturated rings. The molecule has 286 valence electrons. The predicted octanol–water partition coefficient (Wildman–Crippen LogP) is 18.3. The van der Waals surface area contributed by atoms with Crippen molar-refractivity contribution >= 4 is 140 Å². The van der Waals surface area contributed by atoms with Crippen LogP contribution in [0.4, 0.5) is 0 Å². The van der Waals surface area contributed by atoms with Crippen molar-refractivity contribution in [1.29, 1.82) is 0 Å². The standard InChI is InChI=1S/C64H30/c1-2-44-43(51-30-41-19-17-36-11-7-32-5-9-34-13-15-38-21-25-48(51)64-59(38)55(34)53(32)57(36)61(41)64)26-27-46-42-23-22-39(28-50(42)45(3-1)62(44)46)49-29-40-18-16-35-10-6-31-4-8-33-12-14-37-20-24-47(49)63-58(37)54(33)52(31)56(35)60(40)63/h1-30H. The summed E-state index contributed by atoms with van der Waals surface area (Å²) in [5.41, 5.74) is 10.5. The van der Waals surface area contributed by atoms with Gasteiger partial charge in [-0.15, -0.1) is 0 Å². The van der Waals surface area contributed by atoms with Crippen LogP contribution in [0.5, 0.6) is 0 Å². The average molecular weight is 799 g/mol. The van der Waals surface area contributed by atoms with Gasteiger partial charge < -0.3 is 0 Å². The fraction of sp³-hybridized carbons (Fsp3) is 0. The number of benzene rings is 17. The third-order valence-electron chi connectivity index (χ3n) is 16.2. The summed E-state index contributed by atoms with van der Waals surface area (Å²) < 4.78 is 0. The zero-order chi connectivity index (χ0) is 40.8. The summed E-state index contributed by atoms with van der Waals surface area (Å²) in [6.07, 6.45) is 0. The Morgan fingerprint density at radius 2 is 0.500 bits per heavy atom. The molecule has 0 heterocycles. The first-order valence-electron chi connectivity index (χ1n) is 22.7. The van der Waals surface area contributed by atoms with Crippen LogP contribution in [-0.2, 0) is 0 Å². The summed E-state index contributed by atoms with van der Waals surface area (Å²) in [5, 5.41) is 35.4. The van der Waals surface area contributed by atoms with Crippen molar-refractivity contribution in [3.8, 4) is 44.5 Å². The summed E-state index contributed by atoms with van der Waals surface area (Å²) in [6.45, 7) is 0. The molecule has 0 saturated heterocycles. The van der Waals surface area contributed by atoms with E-state index in [2.05, 4.69) is 182 Å². The van der Waals surface area contributed by atoms with Gasteiger partial charge in [0.1, 0.15) is 0 Å². The first-order valence-corrected chi connectivity index (χ1v) is 22.7. The molecule has 18 rings (SSSR count). The van der Waals surface area contributed by atoms with Crippen molar-refractivity contribution in [1.82, 2.24) is 0 Å². The van der Waals surface area contributed by atoms with Crippen LogP contribution in [0.15, 0.2) is 182 Å². The lowest BCUT2D eigenvalue weighted by atomic mass is 9.80. The minimum atomic E-state index is 1.27. The summed E-state index contributed by atoms with van der Waals surface area (Å²) in [5.74, 6) is 0. The van der Waals surface area contributed by atoms with Crippen LogP contribution in [0.25, 0.3) is 185 Å². The van der Waals surface area contributed by atoms with E-state index < -0.39 is 0 Å². The van der Waals surface area contributed by atoms with Gasteiger partial charge in [0.15, 0.2) is 0 Å². The van der Waals surface area contributed by atoms with Crippen LogP contribution in [0.1, 0.15) is 0 Å². The van der Waals surface area contributed by atoms with E-state index in [1.54, 1.807) is 0 Å². The van der Waals surface area contributed by atoms with Crippen LogP contribution in [0, 0.1) is 0 Å². The number of fused-ring (bicyclic) bond motifs is 3. The second kappa shape index (κ2) is 10.3. The lowest BCUT2D eigenvalue weighted by molar-refractivity contribution is 1.66. The monoisotopic (exact) mass is 798 g/mol. The second-order valence-electron chi connectivity index (χ2n) is 19.0. The van der Waals surface area contributed by atoms with Crippen LogP contribution in [-0.4, -0.2) is 0 Å². The fourth-order valence-corrected chi connectivity index (χ4v) is 13.7. The third kappa shape index (κ3) is 3.39. The Bertz CT molecular complexity index is 4810. The third-order valence-corrected chi connectivity index (χ3v) is 16.2. The van der Waals surface area contributed by atoms with E-state index in [4.69, 9.17) is 0 Å². The molecule has 1 aliphatic carbocycles. The van der Waals surface area contributed by atoms with Gasteiger partial charge in [-0.3, -0.25) is 0 Å². The van der Waals surface area contributed by atoms with E-state index in [1.807, 2.05) is 0 Å². The molecule has 0 atom stereocenters. The first kappa shape index (κ1) is 31.5. The Labute approximate surface area is 364 Å². The molecule has 0 nitrogen and oxygen atoms in total. The van der Waals surface area contributed by atoms with E-state index in [0.29, 0.717) is 0 Å². The van der Waals surface area contributed by atoms with E-state index in [0.717, 1.165) is 0 Å². The zero-order valence-electron chi connectivity index (χ0n) is 34.3. The molecule has 0 saturated carbocycles. The molecule has 0 amide bonds. The van der Waals surface area contributed by atoms with E-state index >= 15 is 0 Å². The molecule has 0 radical (unpaired) electrons. The summed E-state index contributed by atoms with van der Waals surface area (Å²) in [6, 6.07) is 70.8. The molecule has 0 N–H and O–H groups in total. The van der Waals surface area contributed by atoms with Crippen molar-refractivity contribution in [2.45, 2.75) is 0 Å². The van der Waals surface area contributed by atoms with Gasteiger partial charge in [0.05, 0.1) is 0 Å². The van der Waals surface area contributed by atoms with E-state index in [9.17, 15) is 0 Å². The molecule has 0 unspecified atom stereocenters.